The number of non-ortho nitro benzene ring substituents is 1. The average Bonchev–Trinajstić information content (AvgIpc) is 3.37. The van der Waals surface area contributed by atoms with Crippen molar-refractivity contribution in [3.8, 4) is 0 Å². The Labute approximate surface area is 293 Å². The van der Waals surface area contributed by atoms with Crippen LogP contribution in [0.25, 0.3) is 0 Å². The van der Waals surface area contributed by atoms with Crippen LogP contribution in [0, 0.1) is 16.0 Å². The summed E-state index contributed by atoms with van der Waals surface area (Å²) in [5.41, 5.74) is 5.28. The molecule has 3 aromatic carbocycles. The van der Waals surface area contributed by atoms with E-state index in [1.54, 1.807) is 36.0 Å². The third kappa shape index (κ3) is 6.13. The predicted octanol–water partition coefficient (Wildman–Crippen LogP) is 4.48. The van der Waals surface area contributed by atoms with Crippen molar-refractivity contribution in [2.75, 3.05) is 55.6 Å². The van der Waals surface area contributed by atoms with Gasteiger partial charge in [-0.2, -0.15) is 0 Å². The standard InChI is InChI=1S/C37H38N6O6S/c44-34-8-7-31(35(45)38-34)42-36(46)29-6-5-26(20-30(29)37(42)47)41-17-15-39(16-18-41)12-9-23-10-13-40(14-11-23)27-3-1-24-19-25-2-4-28(43(48)49)22-33(25)50-32(24)21-27/h1-6,20-23,31H,7-19H2,(H,38,44,45). The van der Waals surface area contributed by atoms with E-state index in [2.05, 4.69) is 38.2 Å². The number of carbonyl (C=O) groups excluding carboxylic acids is 4. The van der Waals surface area contributed by atoms with Crippen molar-refractivity contribution < 1.29 is 24.1 Å². The first-order valence-corrected chi connectivity index (χ1v) is 18.2. The third-order valence-electron chi connectivity index (χ3n) is 10.9. The van der Waals surface area contributed by atoms with Crippen LogP contribution in [-0.2, 0) is 16.0 Å². The lowest BCUT2D eigenvalue weighted by Gasteiger charge is -2.38. The molecule has 0 spiro atoms. The number of piperidine rings is 2. The molecule has 1 atom stereocenters. The molecule has 1 N–H and O–H groups in total. The van der Waals surface area contributed by atoms with Crippen LogP contribution in [0.15, 0.2) is 64.4 Å². The number of nitrogens with one attached hydrogen (secondary N) is 1. The summed E-state index contributed by atoms with van der Waals surface area (Å²) in [6, 6.07) is 16.2. The molecule has 0 radical (unpaired) electrons. The molecule has 0 saturated carbocycles. The number of rotatable bonds is 7. The van der Waals surface area contributed by atoms with Gasteiger partial charge in [-0.05, 0) is 86.0 Å². The van der Waals surface area contributed by atoms with Gasteiger partial charge in [-0.25, -0.2) is 0 Å². The van der Waals surface area contributed by atoms with Gasteiger partial charge < -0.3 is 9.80 Å². The molecule has 5 aliphatic rings. The fourth-order valence-electron chi connectivity index (χ4n) is 7.93. The second-order valence-electron chi connectivity index (χ2n) is 13.8. The molecular formula is C37H38N6O6S. The Morgan fingerprint density at radius 1 is 0.760 bits per heavy atom. The van der Waals surface area contributed by atoms with Crippen molar-refractivity contribution in [3.63, 3.8) is 0 Å². The Morgan fingerprint density at radius 2 is 1.42 bits per heavy atom. The highest BCUT2D eigenvalue weighted by Crippen LogP contribution is 2.43. The number of fused-ring (bicyclic) bond motifs is 3. The van der Waals surface area contributed by atoms with Crippen molar-refractivity contribution in [3.05, 3.63) is 87.0 Å². The number of hydrogen-bond acceptors (Lipinski definition) is 10. The molecule has 0 aliphatic carbocycles. The highest BCUT2D eigenvalue weighted by Gasteiger charge is 2.44. The lowest BCUT2D eigenvalue weighted by molar-refractivity contribution is -0.385. The smallest absolute Gasteiger partial charge is 0.270 e. The second kappa shape index (κ2) is 13.2. The van der Waals surface area contributed by atoms with Crippen molar-refractivity contribution in [2.45, 2.75) is 54.4 Å². The maximum absolute atomic E-state index is 13.3. The highest BCUT2D eigenvalue weighted by atomic mass is 32.2. The summed E-state index contributed by atoms with van der Waals surface area (Å²) in [6.45, 7) is 6.58. The van der Waals surface area contributed by atoms with Crippen LogP contribution in [0.3, 0.4) is 0 Å². The quantitative estimate of drug-likeness (QED) is 0.168. The molecule has 1 unspecified atom stereocenters. The minimum Gasteiger partial charge on any atom is -0.371 e. The van der Waals surface area contributed by atoms with Crippen LogP contribution < -0.4 is 15.1 Å². The minimum atomic E-state index is -0.962. The van der Waals surface area contributed by atoms with Gasteiger partial charge in [-0.1, -0.05) is 23.9 Å². The van der Waals surface area contributed by atoms with E-state index in [9.17, 15) is 29.3 Å². The molecule has 13 heteroatoms. The van der Waals surface area contributed by atoms with Crippen LogP contribution in [0.2, 0.25) is 0 Å². The van der Waals surface area contributed by atoms with Crippen LogP contribution in [0.4, 0.5) is 17.1 Å². The number of anilines is 2. The predicted molar refractivity (Wildman–Crippen MR) is 188 cm³/mol. The van der Waals surface area contributed by atoms with Gasteiger partial charge in [0.15, 0.2) is 0 Å². The molecular weight excluding hydrogens is 657 g/mol. The molecule has 3 saturated heterocycles. The van der Waals surface area contributed by atoms with Crippen LogP contribution >= 0.6 is 11.8 Å². The first-order valence-electron chi connectivity index (χ1n) is 17.4. The zero-order valence-electron chi connectivity index (χ0n) is 27.6. The lowest BCUT2D eigenvalue weighted by atomic mass is 9.92. The molecule has 258 valence electrons. The van der Waals surface area contributed by atoms with E-state index in [1.807, 2.05) is 12.1 Å². The topological polar surface area (TPSA) is 136 Å². The fraction of sp³-hybridized carbons (Fsp3) is 0.405. The summed E-state index contributed by atoms with van der Waals surface area (Å²) in [7, 11) is 0. The maximum Gasteiger partial charge on any atom is 0.270 e. The normalized spacial score (nSPS) is 21.2. The summed E-state index contributed by atoms with van der Waals surface area (Å²) in [4.78, 5) is 71.7. The third-order valence-corrected chi connectivity index (χ3v) is 12.1. The van der Waals surface area contributed by atoms with Gasteiger partial charge in [0.05, 0.1) is 16.1 Å². The molecule has 0 bridgehead atoms. The zero-order chi connectivity index (χ0) is 34.5. The van der Waals surface area contributed by atoms with Crippen molar-refractivity contribution in [1.29, 1.82) is 0 Å². The fourth-order valence-corrected chi connectivity index (χ4v) is 9.07. The van der Waals surface area contributed by atoms with Gasteiger partial charge in [-0.15, -0.1) is 0 Å². The van der Waals surface area contributed by atoms with Gasteiger partial charge in [0.25, 0.3) is 17.5 Å². The van der Waals surface area contributed by atoms with Gasteiger partial charge >= 0.3 is 0 Å². The van der Waals surface area contributed by atoms with E-state index in [-0.39, 0.29) is 29.4 Å². The number of amides is 4. The SMILES string of the molecule is O=C1CCC(N2C(=O)c3ccc(N4CCN(CCC5CCN(c6ccc7c(c6)Sc6cc([N+](=O)[O-])ccc6C7)CC5)CC4)cc3C2=O)C(=O)N1. The average molecular weight is 695 g/mol. The Balaban J connectivity index is 0.809. The maximum atomic E-state index is 13.3. The monoisotopic (exact) mass is 694 g/mol. The molecule has 4 amide bonds. The number of benzene rings is 3. The Bertz CT molecular complexity index is 1920. The Kier molecular flexibility index (Phi) is 8.55. The number of nitro benzene ring substituents is 1. The first kappa shape index (κ1) is 32.5. The number of imide groups is 2. The number of carbonyl (C=O) groups is 4. The molecule has 5 heterocycles. The largest absolute Gasteiger partial charge is 0.371 e. The number of nitrogens with zero attached hydrogens (tertiary/aromatic N) is 5. The van der Waals surface area contributed by atoms with Gasteiger partial charge in [-0.3, -0.25) is 44.4 Å². The molecule has 3 fully saturated rings. The van der Waals surface area contributed by atoms with Crippen LogP contribution in [-0.4, -0.2) is 90.2 Å². The van der Waals surface area contributed by atoms with E-state index < -0.39 is 23.8 Å². The zero-order valence-corrected chi connectivity index (χ0v) is 28.5. The Hall–Kier alpha value is -4.75. The van der Waals surface area contributed by atoms with Crippen molar-refractivity contribution in [1.82, 2.24) is 15.1 Å². The van der Waals surface area contributed by atoms with Crippen LogP contribution in [0.1, 0.15) is 63.9 Å². The van der Waals surface area contributed by atoms with E-state index >= 15 is 0 Å². The summed E-state index contributed by atoms with van der Waals surface area (Å²) < 4.78 is 0. The van der Waals surface area contributed by atoms with E-state index in [0.717, 1.165) is 92.5 Å². The summed E-state index contributed by atoms with van der Waals surface area (Å²) in [5, 5.41) is 13.5. The van der Waals surface area contributed by atoms with Crippen LogP contribution in [0.5, 0.6) is 0 Å². The molecule has 12 nitrogen and oxygen atoms in total. The van der Waals surface area contributed by atoms with Gasteiger partial charge in [0.2, 0.25) is 11.8 Å². The van der Waals surface area contributed by atoms with E-state index in [0.29, 0.717) is 17.0 Å². The highest BCUT2D eigenvalue weighted by molar-refractivity contribution is 7.99. The molecule has 5 aliphatic heterocycles. The van der Waals surface area contributed by atoms with Gasteiger partial charge in [0.1, 0.15) is 6.04 Å². The summed E-state index contributed by atoms with van der Waals surface area (Å²) in [5.74, 6) is -1.27. The van der Waals surface area contributed by atoms with Gasteiger partial charge in [0, 0.05) is 79.0 Å². The molecule has 8 rings (SSSR count). The molecule has 0 aromatic heterocycles. The minimum absolute atomic E-state index is 0.0989. The van der Waals surface area contributed by atoms with E-state index in [4.69, 9.17) is 0 Å². The number of nitro groups is 1. The summed E-state index contributed by atoms with van der Waals surface area (Å²) in [6.07, 6.45) is 4.50. The first-order chi connectivity index (χ1) is 24.2. The Morgan fingerprint density at radius 3 is 2.16 bits per heavy atom. The summed E-state index contributed by atoms with van der Waals surface area (Å²) >= 11 is 1.63. The van der Waals surface area contributed by atoms with Crippen molar-refractivity contribution >= 4 is 52.5 Å². The lowest BCUT2D eigenvalue weighted by Crippen LogP contribution is -2.54. The van der Waals surface area contributed by atoms with E-state index in [1.165, 1.54) is 16.1 Å². The molecule has 3 aromatic rings. The van der Waals surface area contributed by atoms with Crippen molar-refractivity contribution in [2.24, 2.45) is 5.92 Å². The molecule has 50 heavy (non-hydrogen) atoms. The number of hydrogen-bond donors (Lipinski definition) is 1. The second-order valence-corrected chi connectivity index (χ2v) is 14.9. The number of piperazine rings is 1.